The summed E-state index contributed by atoms with van der Waals surface area (Å²) in [5, 5.41) is 10.8. The molecule has 7 nitrogen and oxygen atoms in total. The van der Waals surface area contributed by atoms with E-state index in [0.717, 1.165) is 11.3 Å². The zero-order chi connectivity index (χ0) is 16.4. The molecule has 0 atom stereocenters. The maximum Gasteiger partial charge on any atom is 0.275 e. The van der Waals surface area contributed by atoms with Crippen molar-refractivity contribution in [3.8, 4) is 17.0 Å². The molecule has 0 saturated heterocycles. The number of carbonyl (C=O) groups is 1. The summed E-state index contributed by atoms with van der Waals surface area (Å²) in [6, 6.07) is 10.9. The van der Waals surface area contributed by atoms with Crippen LogP contribution in [0.5, 0.6) is 5.75 Å². The molecule has 0 aliphatic rings. The predicted octanol–water partition coefficient (Wildman–Crippen LogP) is 2.64. The van der Waals surface area contributed by atoms with E-state index in [1.165, 1.54) is 4.68 Å². The van der Waals surface area contributed by atoms with Gasteiger partial charge in [-0.05, 0) is 25.1 Å². The summed E-state index contributed by atoms with van der Waals surface area (Å²) >= 11 is 0. The van der Waals surface area contributed by atoms with Crippen molar-refractivity contribution in [2.24, 2.45) is 7.05 Å². The number of aryl methyl sites for hydroxylation is 2. The van der Waals surface area contributed by atoms with Crippen molar-refractivity contribution >= 4 is 11.7 Å². The van der Waals surface area contributed by atoms with Gasteiger partial charge in [-0.15, -0.1) is 0 Å². The largest absolute Gasteiger partial charge is 0.497 e. The van der Waals surface area contributed by atoms with Crippen molar-refractivity contribution in [2.75, 3.05) is 12.4 Å². The first-order chi connectivity index (χ1) is 11.1. The second-order valence-electron chi connectivity index (χ2n) is 5.05. The molecule has 7 heteroatoms. The van der Waals surface area contributed by atoms with E-state index in [0.29, 0.717) is 23.0 Å². The number of carbonyl (C=O) groups excluding carboxylic acids is 1. The van der Waals surface area contributed by atoms with Gasteiger partial charge in [0.15, 0.2) is 5.82 Å². The van der Waals surface area contributed by atoms with E-state index in [1.54, 1.807) is 33.2 Å². The molecular weight excluding hydrogens is 296 g/mol. The molecule has 1 amide bonds. The van der Waals surface area contributed by atoms with Gasteiger partial charge in [-0.3, -0.25) is 9.48 Å². The quantitative estimate of drug-likeness (QED) is 0.801. The second kappa shape index (κ2) is 5.96. The van der Waals surface area contributed by atoms with Gasteiger partial charge in [0, 0.05) is 18.7 Å². The van der Waals surface area contributed by atoms with Crippen LogP contribution in [0.2, 0.25) is 0 Å². The molecule has 0 spiro atoms. The Morgan fingerprint density at radius 2 is 2.13 bits per heavy atom. The minimum Gasteiger partial charge on any atom is -0.497 e. The maximum absolute atomic E-state index is 12.3. The van der Waals surface area contributed by atoms with Crippen LogP contribution < -0.4 is 10.1 Å². The zero-order valence-corrected chi connectivity index (χ0v) is 13.0. The highest BCUT2D eigenvalue weighted by molar-refractivity contribution is 6.03. The maximum atomic E-state index is 12.3. The molecule has 1 aromatic carbocycles. The van der Waals surface area contributed by atoms with Gasteiger partial charge < -0.3 is 14.6 Å². The molecule has 23 heavy (non-hydrogen) atoms. The third-order valence-electron chi connectivity index (χ3n) is 3.35. The standard InChI is InChI=1S/C16H16N4O3/c1-10-7-15(19-23-10)17-16(21)14-9-13(18-20(14)2)11-5-4-6-12(8-11)22-3/h4-9H,1-3H3,(H,17,19,21). The minimum absolute atomic E-state index is 0.303. The Bertz CT molecular complexity index is 851. The molecule has 0 fully saturated rings. The lowest BCUT2D eigenvalue weighted by Gasteiger charge is -2.01. The van der Waals surface area contributed by atoms with Crippen molar-refractivity contribution in [3.05, 3.63) is 47.9 Å². The van der Waals surface area contributed by atoms with E-state index in [1.807, 2.05) is 24.3 Å². The van der Waals surface area contributed by atoms with Gasteiger partial charge in [0.05, 0.1) is 12.8 Å². The fourth-order valence-electron chi connectivity index (χ4n) is 2.21. The first-order valence-electron chi connectivity index (χ1n) is 7.00. The second-order valence-corrected chi connectivity index (χ2v) is 5.05. The van der Waals surface area contributed by atoms with E-state index < -0.39 is 0 Å². The van der Waals surface area contributed by atoms with Gasteiger partial charge in [0.25, 0.3) is 5.91 Å². The number of hydrogen-bond acceptors (Lipinski definition) is 5. The van der Waals surface area contributed by atoms with Crippen molar-refractivity contribution in [3.63, 3.8) is 0 Å². The summed E-state index contributed by atoms with van der Waals surface area (Å²) in [6.45, 7) is 1.76. The van der Waals surface area contributed by atoms with Gasteiger partial charge in [0.1, 0.15) is 17.2 Å². The Kier molecular flexibility index (Phi) is 3.84. The number of nitrogens with one attached hydrogen (secondary N) is 1. The molecule has 0 bridgehead atoms. The van der Waals surface area contributed by atoms with Crippen molar-refractivity contribution in [1.82, 2.24) is 14.9 Å². The van der Waals surface area contributed by atoms with Crippen LogP contribution in [0.1, 0.15) is 16.2 Å². The van der Waals surface area contributed by atoms with E-state index in [4.69, 9.17) is 9.26 Å². The summed E-state index contributed by atoms with van der Waals surface area (Å²) in [5.74, 6) is 1.43. The van der Waals surface area contributed by atoms with Crippen molar-refractivity contribution in [1.29, 1.82) is 0 Å². The zero-order valence-electron chi connectivity index (χ0n) is 13.0. The van der Waals surface area contributed by atoms with E-state index in [-0.39, 0.29) is 5.91 Å². The predicted molar refractivity (Wildman–Crippen MR) is 84.4 cm³/mol. The molecule has 3 rings (SSSR count). The molecule has 2 aromatic heterocycles. The van der Waals surface area contributed by atoms with Crippen LogP contribution in [-0.2, 0) is 7.05 Å². The Morgan fingerprint density at radius 1 is 1.30 bits per heavy atom. The van der Waals surface area contributed by atoms with Gasteiger partial charge in [-0.2, -0.15) is 5.10 Å². The SMILES string of the molecule is COc1cccc(-c2cc(C(=O)Nc3cc(C)on3)n(C)n2)c1. The summed E-state index contributed by atoms with van der Waals surface area (Å²) in [6.07, 6.45) is 0. The monoisotopic (exact) mass is 312 g/mol. The Morgan fingerprint density at radius 3 is 2.83 bits per heavy atom. The van der Waals surface area contributed by atoms with Crippen LogP contribution in [0, 0.1) is 6.92 Å². The van der Waals surface area contributed by atoms with Gasteiger partial charge in [-0.1, -0.05) is 17.3 Å². The Labute approximate surface area is 132 Å². The lowest BCUT2D eigenvalue weighted by molar-refractivity contribution is 0.101. The minimum atomic E-state index is -0.303. The number of methoxy groups -OCH3 is 1. The van der Waals surface area contributed by atoms with E-state index >= 15 is 0 Å². The van der Waals surface area contributed by atoms with Crippen LogP contribution in [-0.4, -0.2) is 28.0 Å². The number of anilines is 1. The smallest absolute Gasteiger partial charge is 0.275 e. The average Bonchev–Trinajstić information content (AvgIpc) is 3.13. The summed E-state index contributed by atoms with van der Waals surface area (Å²) < 4.78 is 11.7. The first kappa shape index (κ1) is 14.8. The van der Waals surface area contributed by atoms with Crippen LogP contribution in [0.15, 0.2) is 40.9 Å². The number of nitrogens with zero attached hydrogens (tertiary/aromatic N) is 3. The molecule has 0 saturated carbocycles. The third-order valence-corrected chi connectivity index (χ3v) is 3.35. The fraction of sp³-hybridized carbons (Fsp3) is 0.188. The number of hydrogen-bond donors (Lipinski definition) is 1. The van der Waals surface area contributed by atoms with Crippen molar-refractivity contribution < 1.29 is 14.1 Å². The third kappa shape index (κ3) is 3.08. The molecule has 1 N–H and O–H groups in total. The molecule has 2 heterocycles. The highest BCUT2D eigenvalue weighted by Gasteiger charge is 2.16. The molecule has 118 valence electrons. The fourth-order valence-corrected chi connectivity index (χ4v) is 2.21. The first-order valence-corrected chi connectivity index (χ1v) is 7.00. The number of rotatable bonds is 4. The van der Waals surface area contributed by atoms with Gasteiger partial charge >= 0.3 is 0 Å². The van der Waals surface area contributed by atoms with Gasteiger partial charge in [-0.25, -0.2) is 0 Å². The number of amides is 1. The number of ether oxygens (including phenoxy) is 1. The van der Waals surface area contributed by atoms with Crippen LogP contribution in [0.25, 0.3) is 11.3 Å². The molecular formula is C16H16N4O3. The molecule has 3 aromatic rings. The van der Waals surface area contributed by atoms with E-state index in [9.17, 15) is 4.79 Å². The molecule has 0 aliphatic heterocycles. The highest BCUT2D eigenvalue weighted by atomic mass is 16.5. The Hall–Kier alpha value is -3.09. The lowest BCUT2D eigenvalue weighted by atomic mass is 10.1. The average molecular weight is 312 g/mol. The van der Waals surface area contributed by atoms with Gasteiger partial charge in [0.2, 0.25) is 0 Å². The van der Waals surface area contributed by atoms with Crippen LogP contribution in [0.4, 0.5) is 5.82 Å². The van der Waals surface area contributed by atoms with Crippen LogP contribution in [0.3, 0.4) is 0 Å². The molecule has 0 aliphatic carbocycles. The summed E-state index contributed by atoms with van der Waals surface area (Å²) in [4.78, 5) is 12.3. The molecule has 0 radical (unpaired) electrons. The molecule has 0 unspecified atom stereocenters. The number of benzene rings is 1. The van der Waals surface area contributed by atoms with E-state index in [2.05, 4.69) is 15.6 Å². The topological polar surface area (TPSA) is 82.2 Å². The number of aromatic nitrogens is 3. The Balaban J connectivity index is 1.86. The van der Waals surface area contributed by atoms with Crippen molar-refractivity contribution in [2.45, 2.75) is 6.92 Å². The van der Waals surface area contributed by atoms with Crippen LogP contribution >= 0.6 is 0 Å². The lowest BCUT2D eigenvalue weighted by Crippen LogP contribution is -2.16. The summed E-state index contributed by atoms with van der Waals surface area (Å²) in [5.41, 5.74) is 1.98. The summed E-state index contributed by atoms with van der Waals surface area (Å²) in [7, 11) is 3.32. The normalized spacial score (nSPS) is 10.6. The highest BCUT2D eigenvalue weighted by Crippen LogP contribution is 2.23.